The van der Waals surface area contributed by atoms with E-state index in [1.165, 1.54) is 6.07 Å². The van der Waals surface area contributed by atoms with Gasteiger partial charge < -0.3 is 10.6 Å². The molecule has 0 aliphatic carbocycles. The number of pyridine rings is 1. The Hall–Kier alpha value is -2.47. The van der Waals surface area contributed by atoms with Gasteiger partial charge in [0.25, 0.3) is 5.91 Å². The molecule has 2 heterocycles. The molecule has 0 radical (unpaired) electrons. The zero-order valence-electron chi connectivity index (χ0n) is 14.3. The molecule has 2 N–H and O–H groups in total. The van der Waals surface area contributed by atoms with Crippen molar-refractivity contribution in [3.8, 4) is 0 Å². The molecule has 1 amide bonds. The lowest BCUT2D eigenvalue weighted by atomic mass is 10.0. The number of carbonyl (C=O) groups is 1. The van der Waals surface area contributed by atoms with Crippen LogP contribution in [0.1, 0.15) is 34.8 Å². The Kier molecular flexibility index (Phi) is 5.60. The van der Waals surface area contributed by atoms with Crippen LogP contribution in [0.2, 0.25) is 0 Å². The molecule has 3 rings (SSSR count). The van der Waals surface area contributed by atoms with Gasteiger partial charge in [0.1, 0.15) is 11.6 Å². The van der Waals surface area contributed by atoms with Gasteiger partial charge in [-0.25, -0.2) is 9.37 Å². The van der Waals surface area contributed by atoms with Gasteiger partial charge in [0.15, 0.2) is 0 Å². The van der Waals surface area contributed by atoms with E-state index in [0.717, 1.165) is 25.9 Å². The fourth-order valence-electron chi connectivity index (χ4n) is 3.31. The molecule has 0 unspecified atom stereocenters. The maximum Gasteiger partial charge on any atom is 0.255 e. The van der Waals surface area contributed by atoms with Crippen LogP contribution in [0.3, 0.4) is 0 Å². The predicted molar refractivity (Wildman–Crippen MR) is 96.1 cm³/mol. The highest BCUT2D eigenvalue weighted by Gasteiger charge is 2.26. The minimum absolute atomic E-state index is 0.164. The molecule has 25 heavy (non-hydrogen) atoms. The Morgan fingerprint density at radius 1 is 1.24 bits per heavy atom. The first-order valence-electron chi connectivity index (χ1n) is 8.60. The minimum Gasteiger partial charge on any atom is -0.372 e. The number of aromatic nitrogens is 1. The lowest BCUT2D eigenvalue weighted by molar-refractivity contribution is 0.0937. The van der Waals surface area contributed by atoms with E-state index in [1.807, 2.05) is 6.07 Å². The van der Waals surface area contributed by atoms with E-state index in [-0.39, 0.29) is 17.8 Å². The summed E-state index contributed by atoms with van der Waals surface area (Å²) in [4.78, 5) is 18.9. The van der Waals surface area contributed by atoms with Gasteiger partial charge >= 0.3 is 0 Å². The fraction of sp³-hybridized carbons (Fsp3) is 0.368. The molecule has 132 valence electrons. The molecular formula is C19H23FN4O. The smallest absolute Gasteiger partial charge is 0.255 e. The summed E-state index contributed by atoms with van der Waals surface area (Å²) in [6, 6.07) is 10.1. The third-order valence-electron chi connectivity index (χ3n) is 4.59. The summed E-state index contributed by atoms with van der Waals surface area (Å²) in [6.07, 6.45) is 3.84. The largest absolute Gasteiger partial charge is 0.372 e. The molecule has 1 aromatic heterocycles. The average Bonchev–Trinajstić information content (AvgIpc) is 3.17. The van der Waals surface area contributed by atoms with Crippen LogP contribution in [0.15, 0.2) is 42.6 Å². The van der Waals surface area contributed by atoms with Gasteiger partial charge in [0, 0.05) is 25.4 Å². The fourth-order valence-corrected chi connectivity index (χ4v) is 3.31. The standard InChI is InChI=1S/C19H23FN4O/c1-21-18-15(8-6-10-22-18)19(25)23-13-17(24-11-4-5-12-24)14-7-2-3-9-16(14)20/h2-3,6-10,17H,4-5,11-13H2,1H3,(H,21,22)(H,23,25)/t17-/m1/s1. The minimum atomic E-state index is -0.231. The van der Waals surface area contributed by atoms with Crippen molar-refractivity contribution >= 4 is 11.7 Å². The summed E-state index contributed by atoms with van der Waals surface area (Å²) < 4.78 is 14.3. The number of benzene rings is 1. The topological polar surface area (TPSA) is 57.3 Å². The number of likely N-dealkylation sites (tertiary alicyclic amines) is 1. The number of nitrogens with one attached hydrogen (secondary N) is 2. The van der Waals surface area contributed by atoms with E-state index < -0.39 is 0 Å². The summed E-state index contributed by atoms with van der Waals surface area (Å²) in [5.74, 6) is 0.0903. The first-order chi connectivity index (χ1) is 12.2. The van der Waals surface area contributed by atoms with Crippen LogP contribution in [0.25, 0.3) is 0 Å². The van der Waals surface area contributed by atoms with Crippen LogP contribution in [0.5, 0.6) is 0 Å². The number of hydrogen-bond acceptors (Lipinski definition) is 4. The zero-order chi connectivity index (χ0) is 17.6. The van der Waals surface area contributed by atoms with E-state index in [9.17, 15) is 9.18 Å². The van der Waals surface area contributed by atoms with Crippen molar-refractivity contribution in [1.29, 1.82) is 0 Å². The molecule has 1 fully saturated rings. The van der Waals surface area contributed by atoms with Crippen molar-refractivity contribution in [3.63, 3.8) is 0 Å². The third-order valence-corrected chi connectivity index (χ3v) is 4.59. The lowest BCUT2D eigenvalue weighted by Crippen LogP contribution is -2.37. The summed E-state index contributed by atoms with van der Waals surface area (Å²) in [6.45, 7) is 2.20. The number of nitrogens with zero attached hydrogens (tertiary/aromatic N) is 2. The monoisotopic (exact) mass is 342 g/mol. The number of amides is 1. The van der Waals surface area contributed by atoms with E-state index in [2.05, 4.69) is 20.5 Å². The molecule has 2 aromatic rings. The van der Waals surface area contributed by atoms with Gasteiger partial charge in [-0.15, -0.1) is 0 Å². The second-order valence-electron chi connectivity index (χ2n) is 6.14. The van der Waals surface area contributed by atoms with Gasteiger partial charge in [-0.2, -0.15) is 0 Å². The molecule has 1 aliphatic heterocycles. The Balaban J connectivity index is 1.77. The molecule has 1 saturated heterocycles. The Bertz CT molecular complexity index is 731. The van der Waals surface area contributed by atoms with Crippen molar-refractivity contribution in [2.24, 2.45) is 0 Å². The molecule has 1 aliphatic rings. The molecule has 1 aromatic carbocycles. The van der Waals surface area contributed by atoms with Crippen LogP contribution in [0.4, 0.5) is 10.2 Å². The molecule has 0 spiro atoms. The maximum absolute atomic E-state index is 14.3. The maximum atomic E-state index is 14.3. The Morgan fingerprint density at radius 3 is 2.72 bits per heavy atom. The summed E-state index contributed by atoms with van der Waals surface area (Å²) in [5, 5.41) is 5.87. The van der Waals surface area contributed by atoms with E-state index in [4.69, 9.17) is 0 Å². The first kappa shape index (κ1) is 17.4. The third kappa shape index (κ3) is 3.96. The van der Waals surface area contributed by atoms with Gasteiger partial charge in [-0.05, 0) is 44.1 Å². The summed E-state index contributed by atoms with van der Waals surface area (Å²) in [7, 11) is 1.73. The van der Waals surface area contributed by atoms with Gasteiger partial charge in [-0.1, -0.05) is 18.2 Å². The predicted octanol–water partition coefficient (Wildman–Crippen LogP) is 2.83. The van der Waals surface area contributed by atoms with E-state index >= 15 is 0 Å². The Morgan fingerprint density at radius 2 is 2.00 bits per heavy atom. The Labute approximate surface area is 147 Å². The molecule has 6 heteroatoms. The normalized spacial score (nSPS) is 15.8. The van der Waals surface area contributed by atoms with Crippen LogP contribution >= 0.6 is 0 Å². The van der Waals surface area contributed by atoms with Crippen molar-refractivity contribution in [2.45, 2.75) is 18.9 Å². The molecule has 0 saturated carbocycles. The van der Waals surface area contributed by atoms with Gasteiger partial charge in [-0.3, -0.25) is 9.69 Å². The SMILES string of the molecule is CNc1ncccc1C(=O)NC[C@H](c1ccccc1F)N1CCCC1. The highest BCUT2D eigenvalue weighted by Crippen LogP contribution is 2.26. The highest BCUT2D eigenvalue weighted by atomic mass is 19.1. The molecular weight excluding hydrogens is 319 g/mol. The zero-order valence-corrected chi connectivity index (χ0v) is 14.3. The quantitative estimate of drug-likeness (QED) is 0.848. The number of rotatable bonds is 6. The van der Waals surface area contributed by atoms with Crippen LogP contribution in [-0.2, 0) is 0 Å². The number of carbonyl (C=O) groups excluding carboxylic acids is 1. The molecule has 1 atom stereocenters. The highest BCUT2D eigenvalue weighted by molar-refractivity contribution is 5.98. The summed E-state index contributed by atoms with van der Waals surface area (Å²) >= 11 is 0. The van der Waals surface area contributed by atoms with E-state index in [1.54, 1.807) is 37.5 Å². The summed E-state index contributed by atoms with van der Waals surface area (Å²) in [5.41, 5.74) is 1.11. The molecule has 0 bridgehead atoms. The lowest BCUT2D eigenvalue weighted by Gasteiger charge is -2.28. The van der Waals surface area contributed by atoms with Gasteiger partial charge in [0.2, 0.25) is 0 Å². The van der Waals surface area contributed by atoms with Crippen molar-refractivity contribution in [1.82, 2.24) is 15.2 Å². The van der Waals surface area contributed by atoms with Crippen LogP contribution < -0.4 is 10.6 Å². The first-order valence-corrected chi connectivity index (χ1v) is 8.60. The van der Waals surface area contributed by atoms with Crippen molar-refractivity contribution < 1.29 is 9.18 Å². The number of anilines is 1. The average molecular weight is 342 g/mol. The molecule has 5 nitrogen and oxygen atoms in total. The van der Waals surface area contributed by atoms with Crippen molar-refractivity contribution in [2.75, 3.05) is 32.0 Å². The van der Waals surface area contributed by atoms with E-state index in [0.29, 0.717) is 23.5 Å². The number of hydrogen-bond donors (Lipinski definition) is 2. The number of halogens is 1. The van der Waals surface area contributed by atoms with Crippen LogP contribution in [-0.4, -0.2) is 42.5 Å². The van der Waals surface area contributed by atoms with Crippen molar-refractivity contribution in [3.05, 3.63) is 59.5 Å². The van der Waals surface area contributed by atoms with Gasteiger partial charge in [0.05, 0.1) is 11.6 Å². The second kappa shape index (κ2) is 8.07. The van der Waals surface area contributed by atoms with Crippen LogP contribution in [0, 0.1) is 5.82 Å². The second-order valence-corrected chi connectivity index (χ2v) is 6.14.